The predicted molar refractivity (Wildman–Crippen MR) is 74.3 cm³/mol. The Morgan fingerprint density at radius 2 is 2.33 bits per heavy atom. The monoisotopic (exact) mass is 290 g/mol. The van der Waals surface area contributed by atoms with Crippen molar-refractivity contribution in [3.8, 4) is 0 Å². The third-order valence-electron chi connectivity index (χ3n) is 2.91. The van der Waals surface area contributed by atoms with Crippen LogP contribution in [-0.4, -0.2) is 31.3 Å². The van der Waals surface area contributed by atoms with Gasteiger partial charge < -0.3 is 15.1 Å². The molecule has 0 radical (unpaired) electrons. The number of nitrogens with zero attached hydrogens (tertiary/aromatic N) is 2. The zero-order chi connectivity index (χ0) is 13.1. The topological polar surface area (TPSA) is 63.4 Å². The average Bonchev–Trinajstić information content (AvgIpc) is 2.81. The second-order valence-corrected chi connectivity index (χ2v) is 5.10. The second-order valence-electron chi connectivity index (χ2n) is 4.28. The third-order valence-corrected chi connectivity index (χ3v) is 3.48. The summed E-state index contributed by atoms with van der Waals surface area (Å²) in [5.41, 5.74) is 2.45. The lowest BCUT2D eigenvalue weighted by Gasteiger charge is -2.23. The predicted octanol–water partition coefficient (Wildman–Crippen LogP) is 2.29. The number of hydrogen-bond donors (Lipinski definition) is 2. The van der Waals surface area contributed by atoms with Gasteiger partial charge >= 0.3 is 0 Å². The van der Waals surface area contributed by atoms with E-state index in [1.54, 1.807) is 6.07 Å². The van der Waals surface area contributed by atoms with Gasteiger partial charge in [0, 0.05) is 20.2 Å². The molecule has 0 aromatic carbocycles. The molecule has 1 atom stereocenters. The van der Waals surface area contributed by atoms with E-state index in [-0.39, 0.29) is 6.10 Å². The largest absolute Gasteiger partial charge is 0.376 e. The van der Waals surface area contributed by atoms with Crippen molar-refractivity contribution in [3.63, 3.8) is 0 Å². The molecule has 5 nitrogen and oxygen atoms in total. The lowest BCUT2D eigenvalue weighted by Crippen LogP contribution is -2.29. The van der Waals surface area contributed by atoms with E-state index in [4.69, 9.17) is 33.8 Å². The molecule has 1 aromatic rings. The molecule has 7 heteroatoms. The minimum absolute atomic E-state index is 0.234. The van der Waals surface area contributed by atoms with Crippen LogP contribution in [0.1, 0.15) is 12.8 Å². The van der Waals surface area contributed by atoms with Gasteiger partial charge in [0.15, 0.2) is 5.82 Å². The van der Waals surface area contributed by atoms with Gasteiger partial charge in [-0.1, -0.05) is 23.2 Å². The standard InChI is InChI=1S/C11H16Cl2N4O/c1-17(6-7-3-2-4-18-7)11-9(13)5-8(12)10(15-11)16-14/h5,7H,2-4,6,14H2,1H3,(H,15,16). The molecule has 3 N–H and O–H groups in total. The maximum atomic E-state index is 6.14. The molecular formula is C11H16Cl2N4O. The summed E-state index contributed by atoms with van der Waals surface area (Å²) in [5.74, 6) is 6.41. The summed E-state index contributed by atoms with van der Waals surface area (Å²) in [5, 5.41) is 0.899. The van der Waals surface area contributed by atoms with Crippen molar-refractivity contribution in [1.82, 2.24) is 4.98 Å². The summed E-state index contributed by atoms with van der Waals surface area (Å²) < 4.78 is 5.59. The number of rotatable bonds is 4. The maximum absolute atomic E-state index is 6.14. The highest BCUT2D eigenvalue weighted by Gasteiger charge is 2.20. The molecule has 2 heterocycles. The first-order chi connectivity index (χ1) is 8.61. The summed E-state index contributed by atoms with van der Waals surface area (Å²) >= 11 is 12.1. The van der Waals surface area contributed by atoms with Crippen LogP contribution in [0.15, 0.2) is 6.07 Å². The Kier molecular flexibility index (Phi) is 4.50. The van der Waals surface area contributed by atoms with Crippen molar-refractivity contribution in [1.29, 1.82) is 0 Å². The molecule has 0 bridgehead atoms. The van der Waals surface area contributed by atoms with E-state index in [1.165, 1.54) is 0 Å². The summed E-state index contributed by atoms with van der Waals surface area (Å²) in [6, 6.07) is 1.63. The number of hydrogen-bond acceptors (Lipinski definition) is 5. The molecule has 100 valence electrons. The highest BCUT2D eigenvalue weighted by atomic mass is 35.5. The highest BCUT2D eigenvalue weighted by Crippen LogP contribution is 2.31. The van der Waals surface area contributed by atoms with Crippen LogP contribution in [0.25, 0.3) is 0 Å². The van der Waals surface area contributed by atoms with Crippen molar-refractivity contribution in [2.45, 2.75) is 18.9 Å². The fourth-order valence-corrected chi connectivity index (χ4v) is 2.56. The van der Waals surface area contributed by atoms with Crippen LogP contribution in [0.3, 0.4) is 0 Å². The number of anilines is 2. The summed E-state index contributed by atoms with van der Waals surface area (Å²) in [6.07, 6.45) is 2.41. The van der Waals surface area contributed by atoms with Gasteiger partial charge in [-0.3, -0.25) is 0 Å². The molecular weight excluding hydrogens is 275 g/mol. The van der Waals surface area contributed by atoms with Crippen molar-refractivity contribution in [2.75, 3.05) is 30.5 Å². The van der Waals surface area contributed by atoms with Gasteiger partial charge in [0.2, 0.25) is 0 Å². The summed E-state index contributed by atoms with van der Waals surface area (Å²) in [4.78, 5) is 6.26. The molecule has 1 unspecified atom stereocenters. The number of pyridine rings is 1. The van der Waals surface area contributed by atoms with Crippen molar-refractivity contribution in [2.24, 2.45) is 5.84 Å². The van der Waals surface area contributed by atoms with Gasteiger partial charge in [0.1, 0.15) is 5.82 Å². The lowest BCUT2D eigenvalue weighted by molar-refractivity contribution is 0.116. The SMILES string of the molecule is CN(CC1CCCO1)c1nc(NN)c(Cl)cc1Cl. The van der Waals surface area contributed by atoms with Gasteiger partial charge in [0.25, 0.3) is 0 Å². The van der Waals surface area contributed by atoms with Crippen molar-refractivity contribution in [3.05, 3.63) is 16.1 Å². The Bertz CT molecular complexity index is 424. The Morgan fingerprint density at radius 1 is 1.56 bits per heavy atom. The minimum Gasteiger partial charge on any atom is -0.376 e. The Hall–Kier alpha value is -0.750. The molecule has 1 aliphatic heterocycles. The Labute approximate surface area is 116 Å². The van der Waals surface area contributed by atoms with E-state index in [0.717, 1.165) is 26.0 Å². The molecule has 0 spiro atoms. The zero-order valence-electron chi connectivity index (χ0n) is 10.1. The van der Waals surface area contributed by atoms with Gasteiger partial charge in [-0.25, -0.2) is 10.8 Å². The molecule has 2 rings (SSSR count). The van der Waals surface area contributed by atoms with Crippen LogP contribution < -0.4 is 16.2 Å². The van der Waals surface area contributed by atoms with E-state index >= 15 is 0 Å². The Balaban J connectivity index is 2.15. The van der Waals surface area contributed by atoms with Crippen molar-refractivity contribution < 1.29 is 4.74 Å². The van der Waals surface area contributed by atoms with E-state index < -0.39 is 0 Å². The van der Waals surface area contributed by atoms with E-state index in [1.807, 2.05) is 11.9 Å². The van der Waals surface area contributed by atoms with E-state index in [2.05, 4.69) is 10.4 Å². The molecule has 0 saturated carbocycles. The number of nitrogens with two attached hydrogens (primary N) is 1. The van der Waals surface area contributed by atoms with Gasteiger partial charge in [0.05, 0.1) is 16.1 Å². The van der Waals surface area contributed by atoms with Crippen LogP contribution in [-0.2, 0) is 4.74 Å². The minimum atomic E-state index is 0.234. The smallest absolute Gasteiger partial charge is 0.161 e. The molecule has 0 amide bonds. The number of halogens is 2. The molecule has 18 heavy (non-hydrogen) atoms. The molecule has 1 aliphatic rings. The first-order valence-corrected chi connectivity index (χ1v) is 6.53. The zero-order valence-corrected chi connectivity index (χ0v) is 11.6. The molecule has 1 fully saturated rings. The number of likely N-dealkylation sites (N-methyl/N-ethyl adjacent to an activating group) is 1. The Morgan fingerprint density at radius 3 is 2.94 bits per heavy atom. The number of ether oxygens (including phenoxy) is 1. The highest BCUT2D eigenvalue weighted by molar-refractivity contribution is 6.37. The van der Waals surface area contributed by atoms with Crippen LogP contribution in [0, 0.1) is 0 Å². The van der Waals surface area contributed by atoms with Crippen molar-refractivity contribution >= 4 is 34.8 Å². The number of aromatic nitrogens is 1. The van der Waals surface area contributed by atoms with E-state index in [0.29, 0.717) is 21.7 Å². The summed E-state index contributed by atoms with van der Waals surface area (Å²) in [6.45, 7) is 1.58. The second kappa shape index (κ2) is 5.93. The van der Waals surface area contributed by atoms with Crippen LogP contribution in [0.5, 0.6) is 0 Å². The number of nitrogens with one attached hydrogen (secondary N) is 1. The van der Waals surface area contributed by atoms with Crippen LogP contribution >= 0.6 is 23.2 Å². The maximum Gasteiger partial charge on any atom is 0.161 e. The molecule has 1 aromatic heterocycles. The number of hydrazine groups is 1. The third kappa shape index (κ3) is 2.98. The van der Waals surface area contributed by atoms with Crippen LogP contribution in [0.2, 0.25) is 10.0 Å². The normalized spacial score (nSPS) is 19.0. The molecule has 1 saturated heterocycles. The van der Waals surface area contributed by atoms with Crippen LogP contribution in [0.4, 0.5) is 11.6 Å². The fourth-order valence-electron chi connectivity index (χ4n) is 2.01. The van der Waals surface area contributed by atoms with E-state index in [9.17, 15) is 0 Å². The first kappa shape index (κ1) is 13.7. The summed E-state index contributed by atoms with van der Waals surface area (Å²) in [7, 11) is 1.92. The first-order valence-electron chi connectivity index (χ1n) is 5.77. The van der Waals surface area contributed by atoms with Gasteiger partial charge in [-0.15, -0.1) is 0 Å². The number of nitrogen functional groups attached to an aromatic ring is 1. The quantitative estimate of drug-likeness (QED) is 0.658. The average molecular weight is 291 g/mol. The van der Waals surface area contributed by atoms with Gasteiger partial charge in [-0.05, 0) is 18.9 Å². The van der Waals surface area contributed by atoms with Gasteiger partial charge in [-0.2, -0.15) is 0 Å². The fraction of sp³-hybridized carbons (Fsp3) is 0.545. The molecule has 0 aliphatic carbocycles. The lowest BCUT2D eigenvalue weighted by atomic mass is 10.2.